The van der Waals surface area contributed by atoms with Crippen molar-refractivity contribution in [1.82, 2.24) is 25.3 Å². The highest BCUT2D eigenvalue weighted by atomic mass is 35.5. The van der Waals surface area contributed by atoms with Crippen molar-refractivity contribution >= 4 is 30.7 Å². The van der Waals surface area contributed by atoms with Gasteiger partial charge in [0.25, 0.3) is 0 Å². The molecule has 1 amide bonds. The van der Waals surface area contributed by atoms with Gasteiger partial charge in [0.15, 0.2) is 0 Å². The smallest absolute Gasteiger partial charge is 0.248 e. The lowest BCUT2D eigenvalue weighted by atomic mass is 9.87. The fourth-order valence-electron chi connectivity index (χ4n) is 3.69. The predicted octanol–water partition coefficient (Wildman–Crippen LogP) is 1.26. The average Bonchev–Trinajstić information content (AvgIpc) is 3.24. The maximum atomic E-state index is 12.9. The molecule has 0 spiro atoms. The molecule has 138 valence electrons. The van der Waals surface area contributed by atoms with Crippen LogP contribution >= 0.6 is 24.8 Å². The Labute approximate surface area is 156 Å². The topological polar surface area (TPSA) is 62.2 Å². The van der Waals surface area contributed by atoms with Gasteiger partial charge in [-0.3, -0.25) is 9.48 Å². The van der Waals surface area contributed by atoms with Crippen LogP contribution in [-0.2, 0) is 10.3 Å². The second-order valence-corrected chi connectivity index (χ2v) is 6.49. The number of hydrogen-bond acceptors (Lipinski definition) is 4. The maximum Gasteiger partial charge on any atom is 0.248 e. The Balaban J connectivity index is 0.00000144. The summed E-state index contributed by atoms with van der Waals surface area (Å²) >= 11 is 0. The molecule has 3 heterocycles. The molecule has 0 aliphatic carbocycles. The number of hydrogen-bond donors (Lipinski definition) is 2. The van der Waals surface area contributed by atoms with Gasteiger partial charge in [-0.2, -0.15) is 5.10 Å². The minimum Gasteiger partial charge on any atom is -0.354 e. The molecule has 24 heavy (non-hydrogen) atoms. The van der Waals surface area contributed by atoms with Gasteiger partial charge >= 0.3 is 0 Å². The van der Waals surface area contributed by atoms with E-state index in [-0.39, 0.29) is 30.7 Å². The molecule has 2 fully saturated rings. The van der Waals surface area contributed by atoms with Crippen LogP contribution in [0.15, 0.2) is 18.5 Å². The number of halogens is 2. The van der Waals surface area contributed by atoms with Crippen molar-refractivity contribution in [3.63, 3.8) is 0 Å². The second kappa shape index (κ2) is 9.61. The SMILES string of the molecule is CCN1CCC(CNC(=O)C2(n3cccn3)CCNCC2)C1.Cl.Cl. The van der Waals surface area contributed by atoms with E-state index >= 15 is 0 Å². The summed E-state index contributed by atoms with van der Waals surface area (Å²) in [7, 11) is 0. The van der Waals surface area contributed by atoms with Gasteiger partial charge < -0.3 is 15.5 Å². The van der Waals surface area contributed by atoms with Crippen LogP contribution in [0.25, 0.3) is 0 Å². The van der Waals surface area contributed by atoms with Gasteiger partial charge in [-0.15, -0.1) is 24.8 Å². The van der Waals surface area contributed by atoms with Gasteiger partial charge in [-0.1, -0.05) is 6.92 Å². The first-order chi connectivity index (χ1) is 10.7. The summed E-state index contributed by atoms with van der Waals surface area (Å²) in [6.45, 7) is 8.07. The summed E-state index contributed by atoms with van der Waals surface area (Å²) in [4.78, 5) is 15.4. The Morgan fingerprint density at radius 2 is 2.12 bits per heavy atom. The molecule has 2 N–H and O–H groups in total. The molecule has 0 aromatic carbocycles. The summed E-state index contributed by atoms with van der Waals surface area (Å²) in [5, 5.41) is 10.9. The van der Waals surface area contributed by atoms with E-state index in [0.29, 0.717) is 5.92 Å². The van der Waals surface area contributed by atoms with Gasteiger partial charge in [0.1, 0.15) is 5.54 Å². The lowest BCUT2D eigenvalue weighted by Gasteiger charge is -2.36. The molecular formula is C16H29Cl2N5O. The standard InChI is InChI=1S/C16H27N5O.2ClH/c1-2-20-11-4-14(13-20)12-18-15(22)16(5-8-17-9-6-16)21-10-3-7-19-21;;/h3,7,10,14,17H,2,4-6,8-9,11-13H2,1H3,(H,18,22);2*1H. The van der Waals surface area contributed by atoms with Gasteiger partial charge in [-0.05, 0) is 57.4 Å². The summed E-state index contributed by atoms with van der Waals surface area (Å²) in [5.41, 5.74) is -0.516. The monoisotopic (exact) mass is 377 g/mol. The first-order valence-electron chi connectivity index (χ1n) is 8.46. The number of aromatic nitrogens is 2. The third-order valence-electron chi connectivity index (χ3n) is 5.16. The summed E-state index contributed by atoms with van der Waals surface area (Å²) in [6, 6.07) is 1.90. The minimum absolute atomic E-state index is 0. The average molecular weight is 378 g/mol. The van der Waals surface area contributed by atoms with Crippen LogP contribution in [0.5, 0.6) is 0 Å². The predicted molar refractivity (Wildman–Crippen MR) is 100 cm³/mol. The normalized spacial score (nSPS) is 23.1. The first-order valence-corrected chi connectivity index (χ1v) is 8.46. The first kappa shape index (κ1) is 21.2. The quantitative estimate of drug-likeness (QED) is 0.810. The van der Waals surface area contributed by atoms with Crippen molar-refractivity contribution in [1.29, 1.82) is 0 Å². The molecule has 3 rings (SSSR count). The van der Waals surface area contributed by atoms with Crippen LogP contribution in [0.3, 0.4) is 0 Å². The lowest BCUT2D eigenvalue weighted by Crippen LogP contribution is -2.55. The molecule has 0 saturated carbocycles. The highest BCUT2D eigenvalue weighted by Crippen LogP contribution is 2.27. The molecule has 6 nitrogen and oxygen atoms in total. The van der Waals surface area contributed by atoms with E-state index in [2.05, 4.69) is 27.6 Å². The van der Waals surface area contributed by atoms with Crippen molar-refractivity contribution in [2.45, 2.75) is 31.7 Å². The highest BCUT2D eigenvalue weighted by Gasteiger charge is 2.42. The Morgan fingerprint density at radius 1 is 1.38 bits per heavy atom. The van der Waals surface area contributed by atoms with Gasteiger partial charge in [0.05, 0.1) is 0 Å². The second-order valence-electron chi connectivity index (χ2n) is 6.49. The van der Waals surface area contributed by atoms with Crippen LogP contribution in [0.1, 0.15) is 26.2 Å². The number of carbonyl (C=O) groups excluding carboxylic acids is 1. The molecule has 1 atom stereocenters. The molecule has 2 aliphatic heterocycles. The zero-order chi connectivity index (χ0) is 15.4. The number of piperidine rings is 1. The Hall–Kier alpha value is -0.820. The third kappa shape index (κ3) is 4.42. The molecule has 0 radical (unpaired) electrons. The number of likely N-dealkylation sites (tertiary alicyclic amines) is 1. The van der Waals surface area contributed by atoms with Crippen LogP contribution in [0.4, 0.5) is 0 Å². The highest BCUT2D eigenvalue weighted by molar-refractivity contribution is 5.85. The van der Waals surface area contributed by atoms with Crippen molar-refractivity contribution in [2.24, 2.45) is 5.92 Å². The summed E-state index contributed by atoms with van der Waals surface area (Å²) < 4.78 is 1.86. The van der Waals surface area contributed by atoms with E-state index in [1.54, 1.807) is 6.20 Å². The van der Waals surface area contributed by atoms with Crippen molar-refractivity contribution in [3.05, 3.63) is 18.5 Å². The molecule has 1 unspecified atom stereocenters. The number of amides is 1. The van der Waals surface area contributed by atoms with Gasteiger partial charge in [0, 0.05) is 25.5 Å². The summed E-state index contributed by atoms with van der Waals surface area (Å²) in [5.74, 6) is 0.716. The largest absolute Gasteiger partial charge is 0.354 e. The van der Waals surface area contributed by atoms with Crippen LogP contribution in [0.2, 0.25) is 0 Å². The van der Waals surface area contributed by atoms with Crippen LogP contribution < -0.4 is 10.6 Å². The Morgan fingerprint density at radius 3 is 2.71 bits per heavy atom. The maximum absolute atomic E-state index is 12.9. The Kier molecular flexibility index (Phi) is 8.50. The van der Waals surface area contributed by atoms with Gasteiger partial charge in [0.2, 0.25) is 5.91 Å². The molecule has 1 aromatic rings. The zero-order valence-corrected chi connectivity index (χ0v) is 15.9. The van der Waals surface area contributed by atoms with E-state index in [9.17, 15) is 4.79 Å². The van der Waals surface area contributed by atoms with Crippen LogP contribution in [0, 0.1) is 5.92 Å². The Bertz CT molecular complexity index is 491. The van der Waals surface area contributed by atoms with Crippen LogP contribution in [-0.4, -0.2) is 59.9 Å². The van der Waals surface area contributed by atoms with Crippen molar-refractivity contribution < 1.29 is 4.79 Å². The molecule has 8 heteroatoms. The van der Waals surface area contributed by atoms with Gasteiger partial charge in [-0.25, -0.2) is 0 Å². The van der Waals surface area contributed by atoms with E-state index in [1.807, 2.05) is 16.9 Å². The molecule has 2 aliphatic rings. The fourth-order valence-corrected chi connectivity index (χ4v) is 3.69. The molecule has 2 saturated heterocycles. The molecule has 0 bridgehead atoms. The van der Waals surface area contributed by atoms with E-state index in [0.717, 1.165) is 52.1 Å². The zero-order valence-electron chi connectivity index (χ0n) is 14.2. The molecular weight excluding hydrogens is 349 g/mol. The minimum atomic E-state index is -0.516. The van der Waals surface area contributed by atoms with E-state index < -0.39 is 5.54 Å². The third-order valence-corrected chi connectivity index (χ3v) is 5.16. The van der Waals surface area contributed by atoms with E-state index in [4.69, 9.17) is 0 Å². The molecule has 1 aromatic heterocycles. The number of nitrogens with zero attached hydrogens (tertiary/aromatic N) is 3. The van der Waals surface area contributed by atoms with Crippen molar-refractivity contribution in [3.8, 4) is 0 Å². The number of carbonyl (C=O) groups is 1. The lowest BCUT2D eigenvalue weighted by molar-refractivity contribution is -0.132. The fraction of sp³-hybridized carbons (Fsp3) is 0.750. The van der Waals surface area contributed by atoms with E-state index in [1.165, 1.54) is 6.42 Å². The summed E-state index contributed by atoms with van der Waals surface area (Å²) in [6.07, 6.45) is 6.45. The number of rotatable bonds is 5. The van der Waals surface area contributed by atoms with Crippen molar-refractivity contribution in [2.75, 3.05) is 39.3 Å². The number of nitrogens with one attached hydrogen (secondary N) is 2.